The zero-order valence-electron chi connectivity index (χ0n) is 21.5. The summed E-state index contributed by atoms with van der Waals surface area (Å²) in [5.41, 5.74) is 0.434. The average Bonchev–Trinajstić information content (AvgIpc) is 3.08. The monoisotopic (exact) mass is 460 g/mol. The minimum atomic E-state index is -0.236. The van der Waals surface area contributed by atoms with Gasteiger partial charge in [0.2, 0.25) is 5.91 Å². The van der Waals surface area contributed by atoms with Crippen LogP contribution in [0.4, 0.5) is 0 Å². The van der Waals surface area contributed by atoms with Crippen LogP contribution in [0.3, 0.4) is 0 Å². The normalized spacial score (nSPS) is 48.3. The van der Waals surface area contributed by atoms with E-state index >= 15 is 0 Å². The summed E-state index contributed by atoms with van der Waals surface area (Å²) in [6.07, 6.45) is 9.52. The summed E-state index contributed by atoms with van der Waals surface area (Å²) in [5, 5.41) is 22.0. The second kappa shape index (κ2) is 8.78. The van der Waals surface area contributed by atoms with Crippen molar-refractivity contribution >= 4 is 5.91 Å². The van der Waals surface area contributed by atoms with Gasteiger partial charge in [0, 0.05) is 38.6 Å². The third-order valence-corrected chi connectivity index (χ3v) is 11.4. The van der Waals surface area contributed by atoms with Gasteiger partial charge in [-0.3, -0.25) is 9.69 Å². The molecular formula is C28H48N2O3. The topological polar surface area (TPSA) is 64.0 Å². The Bertz CT molecular complexity index is 735. The first-order valence-electron chi connectivity index (χ1n) is 14.0. The van der Waals surface area contributed by atoms with E-state index < -0.39 is 0 Å². The maximum atomic E-state index is 12.5. The van der Waals surface area contributed by atoms with Gasteiger partial charge in [-0.15, -0.1) is 0 Å². The van der Waals surface area contributed by atoms with Crippen molar-refractivity contribution in [2.75, 3.05) is 26.2 Å². The molecule has 0 bridgehead atoms. The Hall–Kier alpha value is -0.650. The molecule has 1 saturated heterocycles. The molecule has 0 unspecified atom stereocenters. The third kappa shape index (κ3) is 3.98. The molecule has 188 valence electrons. The summed E-state index contributed by atoms with van der Waals surface area (Å²) in [5.74, 6) is 3.51. The molecule has 2 N–H and O–H groups in total. The van der Waals surface area contributed by atoms with Crippen molar-refractivity contribution in [3.8, 4) is 0 Å². The van der Waals surface area contributed by atoms with Crippen LogP contribution in [0.25, 0.3) is 0 Å². The number of aliphatic hydroxyl groups is 2. The molecule has 4 saturated carbocycles. The molecule has 5 heteroatoms. The van der Waals surface area contributed by atoms with E-state index in [1.807, 2.05) is 4.90 Å². The van der Waals surface area contributed by atoms with E-state index in [1.54, 1.807) is 0 Å². The standard InChI is InChI=1S/C28H48N2O3/c1-18(2)15-26(33)30-13-11-29(12-14-30)23-17-28(4)19(16-24(23)31)5-6-20-21-7-8-25(32)27(21,3)10-9-22(20)28/h18-25,31-32H,5-17H2,1-4H3/t19-,20-,21-,22-,23-,24-,25-,27-,28-/m0/s1. The summed E-state index contributed by atoms with van der Waals surface area (Å²) in [6.45, 7) is 12.6. The minimum Gasteiger partial charge on any atom is -0.393 e. The predicted octanol–water partition coefficient (Wildman–Crippen LogP) is 3.92. The summed E-state index contributed by atoms with van der Waals surface area (Å²) < 4.78 is 0. The summed E-state index contributed by atoms with van der Waals surface area (Å²) in [7, 11) is 0. The number of hydrogen-bond donors (Lipinski definition) is 2. The molecule has 5 rings (SSSR count). The number of fused-ring (bicyclic) bond motifs is 5. The first-order valence-corrected chi connectivity index (χ1v) is 14.0. The van der Waals surface area contributed by atoms with Crippen LogP contribution < -0.4 is 0 Å². The molecule has 1 aliphatic heterocycles. The van der Waals surface area contributed by atoms with E-state index in [0.717, 1.165) is 57.3 Å². The van der Waals surface area contributed by atoms with Gasteiger partial charge in [0.1, 0.15) is 0 Å². The Kier molecular flexibility index (Phi) is 6.40. The van der Waals surface area contributed by atoms with Gasteiger partial charge in [-0.05, 0) is 91.8 Å². The smallest absolute Gasteiger partial charge is 0.222 e. The van der Waals surface area contributed by atoms with Gasteiger partial charge in [0.05, 0.1) is 12.2 Å². The second-order valence-corrected chi connectivity index (χ2v) is 13.4. The fourth-order valence-corrected chi connectivity index (χ4v) is 9.40. The molecule has 33 heavy (non-hydrogen) atoms. The predicted molar refractivity (Wildman–Crippen MR) is 131 cm³/mol. The van der Waals surface area contributed by atoms with Gasteiger partial charge in [-0.25, -0.2) is 0 Å². The second-order valence-electron chi connectivity index (χ2n) is 13.4. The molecular weight excluding hydrogens is 412 g/mol. The van der Waals surface area contributed by atoms with Crippen LogP contribution in [0.5, 0.6) is 0 Å². The van der Waals surface area contributed by atoms with E-state index in [9.17, 15) is 15.0 Å². The van der Waals surface area contributed by atoms with Crippen LogP contribution in [0, 0.1) is 40.4 Å². The lowest BCUT2D eigenvalue weighted by atomic mass is 9.44. The molecule has 1 amide bonds. The quantitative estimate of drug-likeness (QED) is 0.670. The first kappa shape index (κ1) is 24.1. The van der Waals surface area contributed by atoms with Crippen LogP contribution in [0.1, 0.15) is 85.5 Å². The lowest BCUT2D eigenvalue weighted by Gasteiger charge is -2.62. The number of carbonyl (C=O) groups excluding carboxylic acids is 1. The number of nitrogens with zero attached hydrogens (tertiary/aromatic N) is 2. The molecule has 4 aliphatic carbocycles. The van der Waals surface area contributed by atoms with Crippen LogP contribution in [0.15, 0.2) is 0 Å². The number of rotatable bonds is 3. The highest BCUT2D eigenvalue weighted by Crippen LogP contribution is 2.66. The van der Waals surface area contributed by atoms with E-state index in [0.29, 0.717) is 35.5 Å². The highest BCUT2D eigenvalue weighted by Gasteiger charge is 2.61. The van der Waals surface area contributed by atoms with Crippen LogP contribution in [-0.4, -0.2) is 70.3 Å². The Morgan fingerprint density at radius 2 is 1.64 bits per heavy atom. The van der Waals surface area contributed by atoms with Crippen molar-refractivity contribution in [2.24, 2.45) is 40.4 Å². The molecule has 0 aromatic rings. The van der Waals surface area contributed by atoms with Gasteiger partial charge in [-0.1, -0.05) is 27.7 Å². The SMILES string of the molecule is CC(C)CC(=O)N1CCN([C@H]2C[C@@]3(C)[C@@H](CC[C@@H]4[C@@H]3CC[C@]3(C)[C@@H](O)CC[C@@H]43)C[C@@H]2O)CC1. The number of aliphatic hydroxyl groups excluding tert-OH is 2. The molecule has 0 aromatic carbocycles. The number of hydrogen-bond acceptors (Lipinski definition) is 4. The molecule has 0 spiro atoms. The minimum absolute atomic E-state index is 0.107. The highest BCUT2D eigenvalue weighted by atomic mass is 16.3. The zero-order valence-corrected chi connectivity index (χ0v) is 21.5. The zero-order chi connectivity index (χ0) is 23.5. The molecule has 1 heterocycles. The van der Waals surface area contributed by atoms with Crippen molar-refractivity contribution in [1.29, 1.82) is 0 Å². The van der Waals surface area contributed by atoms with Crippen molar-refractivity contribution in [2.45, 2.75) is 104 Å². The Morgan fingerprint density at radius 3 is 2.33 bits per heavy atom. The van der Waals surface area contributed by atoms with Crippen molar-refractivity contribution in [3.63, 3.8) is 0 Å². The first-order chi connectivity index (χ1) is 15.6. The maximum absolute atomic E-state index is 12.5. The van der Waals surface area contributed by atoms with Gasteiger partial charge in [-0.2, -0.15) is 0 Å². The summed E-state index contributed by atoms with van der Waals surface area (Å²) in [6, 6.07) is 0.231. The van der Waals surface area contributed by atoms with E-state index in [1.165, 1.54) is 32.1 Å². The molecule has 5 nitrogen and oxygen atoms in total. The lowest BCUT2D eigenvalue weighted by Crippen LogP contribution is -2.62. The average molecular weight is 461 g/mol. The molecule has 9 atom stereocenters. The van der Waals surface area contributed by atoms with Crippen molar-refractivity contribution in [3.05, 3.63) is 0 Å². The Labute approximate surface area is 201 Å². The van der Waals surface area contributed by atoms with Crippen LogP contribution in [0.2, 0.25) is 0 Å². The highest BCUT2D eigenvalue weighted by molar-refractivity contribution is 5.76. The molecule has 5 fully saturated rings. The largest absolute Gasteiger partial charge is 0.393 e. The van der Waals surface area contributed by atoms with Crippen LogP contribution >= 0.6 is 0 Å². The fourth-order valence-electron chi connectivity index (χ4n) is 9.40. The van der Waals surface area contributed by atoms with Gasteiger partial charge in [0.25, 0.3) is 0 Å². The molecule has 0 radical (unpaired) electrons. The summed E-state index contributed by atoms with van der Waals surface area (Å²) in [4.78, 5) is 17.1. The molecule has 0 aromatic heterocycles. The fraction of sp³-hybridized carbons (Fsp3) is 0.964. The van der Waals surface area contributed by atoms with E-state index in [2.05, 4.69) is 32.6 Å². The van der Waals surface area contributed by atoms with Gasteiger partial charge >= 0.3 is 0 Å². The maximum Gasteiger partial charge on any atom is 0.222 e. The van der Waals surface area contributed by atoms with E-state index in [-0.39, 0.29) is 23.7 Å². The number of carbonyl (C=O) groups is 1. The Morgan fingerprint density at radius 1 is 0.939 bits per heavy atom. The molecule has 5 aliphatic rings. The van der Waals surface area contributed by atoms with E-state index in [4.69, 9.17) is 0 Å². The number of piperazine rings is 1. The Balaban J connectivity index is 1.28. The number of amides is 1. The van der Waals surface area contributed by atoms with Crippen molar-refractivity contribution < 1.29 is 15.0 Å². The van der Waals surface area contributed by atoms with Crippen LogP contribution in [-0.2, 0) is 4.79 Å². The lowest BCUT2D eigenvalue weighted by molar-refractivity contribution is -0.156. The van der Waals surface area contributed by atoms with Gasteiger partial charge < -0.3 is 15.1 Å². The van der Waals surface area contributed by atoms with Gasteiger partial charge in [0.15, 0.2) is 0 Å². The summed E-state index contributed by atoms with van der Waals surface area (Å²) >= 11 is 0. The third-order valence-electron chi connectivity index (χ3n) is 11.4. The van der Waals surface area contributed by atoms with Crippen molar-refractivity contribution in [1.82, 2.24) is 9.80 Å².